The van der Waals surface area contributed by atoms with Crippen molar-refractivity contribution in [2.75, 3.05) is 6.61 Å². The highest BCUT2D eigenvalue weighted by molar-refractivity contribution is 6.30. The van der Waals surface area contributed by atoms with Gasteiger partial charge in [0, 0.05) is 29.4 Å². The van der Waals surface area contributed by atoms with E-state index in [1.165, 1.54) is 12.4 Å². The third-order valence-electron chi connectivity index (χ3n) is 4.19. The minimum Gasteiger partial charge on any atom is -0.493 e. The van der Waals surface area contributed by atoms with Crippen LogP contribution in [0.2, 0.25) is 5.02 Å². The van der Waals surface area contributed by atoms with Crippen LogP contribution in [0.15, 0.2) is 47.1 Å². The molecule has 8 heteroatoms. The summed E-state index contributed by atoms with van der Waals surface area (Å²) in [5.41, 5.74) is 1.73. The second-order valence-electron chi connectivity index (χ2n) is 7.04. The van der Waals surface area contributed by atoms with Crippen LogP contribution in [0, 0.1) is 5.92 Å². The van der Waals surface area contributed by atoms with Crippen LogP contribution in [0.3, 0.4) is 0 Å². The summed E-state index contributed by atoms with van der Waals surface area (Å²) >= 11 is 6.16. The first-order valence-electron chi connectivity index (χ1n) is 9.21. The van der Waals surface area contributed by atoms with Crippen molar-refractivity contribution in [3.05, 3.63) is 70.7 Å². The van der Waals surface area contributed by atoms with Gasteiger partial charge in [-0.05, 0) is 36.2 Å². The standard InChI is InChI=1S/C21H19ClN4O3/c1-12(2)11-28-16-5-3-14(22)9-13(16)10-15-4-6-17(29-15)18(27)19-25-20-21(26-19)24-8-7-23-20/h3-9,12H,10-11H2,1-2H3,(H,23,24,25,26). The van der Waals surface area contributed by atoms with E-state index in [1.54, 1.807) is 18.2 Å². The second kappa shape index (κ2) is 8.05. The van der Waals surface area contributed by atoms with Gasteiger partial charge in [0.15, 0.2) is 22.9 Å². The third kappa shape index (κ3) is 4.30. The minimum absolute atomic E-state index is 0.135. The maximum absolute atomic E-state index is 12.7. The Labute approximate surface area is 172 Å². The molecule has 0 fully saturated rings. The molecule has 3 heterocycles. The highest BCUT2D eigenvalue weighted by Gasteiger charge is 2.19. The molecule has 148 valence electrons. The molecule has 0 aliphatic rings. The molecule has 0 spiro atoms. The Kier molecular flexibility index (Phi) is 5.31. The Morgan fingerprint density at radius 1 is 1.21 bits per heavy atom. The molecule has 0 radical (unpaired) electrons. The second-order valence-corrected chi connectivity index (χ2v) is 7.48. The van der Waals surface area contributed by atoms with Crippen molar-refractivity contribution in [1.29, 1.82) is 0 Å². The van der Waals surface area contributed by atoms with Crippen LogP contribution in [0.5, 0.6) is 5.75 Å². The third-order valence-corrected chi connectivity index (χ3v) is 4.43. The zero-order chi connectivity index (χ0) is 20.4. The number of hydrogen-bond donors (Lipinski definition) is 1. The number of hydrogen-bond acceptors (Lipinski definition) is 6. The molecule has 1 aromatic carbocycles. The Balaban J connectivity index is 1.55. The first-order chi connectivity index (χ1) is 14.0. The van der Waals surface area contributed by atoms with E-state index in [2.05, 4.69) is 33.8 Å². The number of aromatic amines is 1. The first kappa shape index (κ1) is 19.1. The fourth-order valence-corrected chi connectivity index (χ4v) is 3.03. The van der Waals surface area contributed by atoms with Gasteiger partial charge in [-0.1, -0.05) is 25.4 Å². The Morgan fingerprint density at radius 3 is 2.83 bits per heavy atom. The van der Waals surface area contributed by atoms with E-state index < -0.39 is 0 Å². The minimum atomic E-state index is -0.363. The fourth-order valence-electron chi connectivity index (χ4n) is 2.84. The molecule has 0 aliphatic carbocycles. The van der Waals surface area contributed by atoms with E-state index in [-0.39, 0.29) is 17.4 Å². The van der Waals surface area contributed by atoms with Crippen LogP contribution in [0.25, 0.3) is 11.3 Å². The van der Waals surface area contributed by atoms with Crippen LogP contribution in [0.1, 0.15) is 41.6 Å². The molecule has 0 saturated heterocycles. The van der Waals surface area contributed by atoms with Crippen molar-refractivity contribution in [3.63, 3.8) is 0 Å². The molecular formula is C21H19ClN4O3. The van der Waals surface area contributed by atoms with Gasteiger partial charge in [0.05, 0.1) is 6.61 Å². The summed E-state index contributed by atoms with van der Waals surface area (Å²) in [4.78, 5) is 27.9. The van der Waals surface area contributed by atoms with Crippen LogP contribution >= 0.6 is 11.6 Å². The number of fused-ring (bicyclic) bond motifs is 1. The molecule has 3 aromatic heterocycles. The number of carbonyl (C=O) groups excluding carboxylic acids is 1. The molecule has 4 aromatic rings. The van der Waals surface area contributed by atoms with E-state index in [9.17, 15) is 4.79 Å². The van der Waals surface area contributed by atoms with Crippen molar-refractivity contribution in [2.24, 2.45) is 5.92 Å². The van der Waals surface area contributed by atoms with Crippen LogP contribution < -0.4 is 4.74 Å². The highest BCUT2D eigenvalue weighted by Crippen LogP contribution is 2.27. The zero-order valence-corrected chi connectivity index (χ0v) is 16.7. The Bertz CT molecular complexity index is 1130. The predicted octanol–water partition coefficient (Wildman–Crippen LogP) is 4.46. The van der Waals surface area contributed by atoms with Crippen molar-refractivity contribution >= 4 is 28.7 Å². The monoisotopic (exact) mass is 410 g/mol. The van der Waals surface area contributed by atoms with E-state index in [1.807, 2.05) is 12.1 Å². The highest BCUT2D eigenvalue weighted by atomic mass is 35.5. The summed E-state index contributed by atoms with van der Waals surface area (Å²) in [7, 11) is 0. The Morgan fingerprint density at radius 2 is 2.03 bits per heavy atom. The van der Waals surface area contributed by atoms with Crippen LogP contribution in [-0.2, 0) is 6.42 Å². The number of H-pyrrole nitrogens is 1. The first-order valence-corrected chi connectivity index (χ1v) is 9.59. The van der Waals surface area contributed by atoms with Crippen molar-refractivity contribution < 1.29 is 13.9 Å². The maximum atomic E-state index is 12.7. The van der Waals surface area contributed by atoms with Gasteiger partial charge in [-0.3, -0.25) is 4.79 Å². The smallest absolute Gasteiger partial charge is 0.263 e. The molecule has 0 amide bonds. The predicted molar refractivity (Wildman–Crippen MR) is 108 cm³/mol. The van der Waals surface area contributed by atoms with Crippen molar-refractivity contribution in [1.82, 2.24) is 19.9 Å². The average molecular weight is 411 g/mol. The molecule has 1 N–H and O–H groups in total. The molecule has 29 heavy (non-hydrogen) atoms. The number of aromatic nitrogens is 4. The van der Waals surface area contributed by atoms with E-state index in [0.29, 0.717) is 41.0 Å². The SMILES string of the molecule is CC(C)COc1ccc(Cl)cc1Cc1ccc(C(=O)c2nc3nccnc3[nH]2)o1. The van der Waals surface area contributed by atoms with E-state index >= 15 is 0 Å². The molecule has 4 rings (SSSR count). The number of rotatable bonds is 7. The molecule has 0 unspecified atom stereocenters. The van der Waals surface area contributed by atoms with Gasteiger partial charge in [0.2, 0.25) is 0 Å². The number of ketones is 1. The van der Waals surface area contributed by atoms with Crippen molar-refractivity contribution in [2.45, 2.75) is 20.3 Å². The number of nitrogens with one attached hydrogen (secondary N) is 1. The van der Waals surface area contributed by atoms with E-state index in [0.717, 1.165) is 11.3 Å². The van der Waals surface area contributed by atoms with Crippen LogP contribution in [0.4, 0.5) is 0 Å². The van der Waals surface area contributed by atoms with E-state index in [4.69, 9.17) is 20.8 Å². The number of furan rings is 1. The van der Waals surface area contributed by atoms with Crippen LogP contribution in [-0.4, -0.2) is 32.3 Å². The summed E-state index contributed by atoms with van der Waals surface area (Å²) in [5.74, 6) is 1.73. The number of benzene rings is 1. The lowest BCUT2D eigenvalue weighted by Crippen LogP contribution is -2.06. The molecular weight excluding hydrogens is 392 g/mol. The topological polar surface area (TPSA) is 93.9 Å². The molecule has 7 nitrogen and oxygen atoms in total. The molecule has 0 atom stereocenters. The molecule has 0 bridgehead atoms. The zero-order valence-electron chi connectivity index (χ0n) is 16.0. The summed E-state index contributed by atoms with van der Waals surface area (Å²) in [6.45, 7) is 4.77. The lowest BCUT2D eigenvalue weighted by atomic mass is 10.1. The summed E-state index contributed by atoms with van der Waals surface area (Å²) in [5, 5.41) is 0.613. The molecule has 0 saturated carbocycles. The summed E-state index contributed by atoms with van der Waals surface area (Å²) in [6, 6.07) is 8.88. The number of ether oxygens (including phenoxy) is 1. The van der Waals surface area contributed by atoms with Gasteiger partial charge in [-0.2, -0.15) is 0 Å². The van der Waals surface area contributed by atoms with Gasteiger partial charge < -0.3 is 14.1 Å². The maximum Gasteiger partial charge on any atom is 0.263 e. The number of imidazole rings is 1. The summed E-state index contributed by atoms with van der Waals surface area (Å²) < 4.78 is 11.7. The normalized spacial score (nSPS) is 11.3. The number of carbonyl (C=O) groups is 1. The van der Waals surface area contributed by atoms with Gasteiger partial charge in [-0.25, -0.2) is 15.0 Å². The number of halogens is 1. The van der Waals surface area contributed by atoms with Gasteiger partial charge >= 0.3 is 0 Å². The molecule has 0 aliphatic heterocycles. The average Bonchev–Trinajstić information content (AvgIpc) is 3.33. The number of nitrogens with zero attached hydrogens (tertiary/aromatic N) is 3. The Hall–Kier alpha value is -3.19. The van der Waals surface area contributed by atoms with Gasteiger partial charge in [-0.15, -0.1) is 0 Å². The fraction of sp³-hybridized carbons (Fsp3) is 0.238. The lowest BCUT2D eigenvalue weighted by molar-refractivity contribution is 0.0999. The lowest BCUT2D eigenvalue weighted by Gasteiger charge is -2.13. The van der Waals surface area contributed by atoms with Gasteiger partial charge in [0.25, 0.3) is 5.78 Å². The quantitative estimate of drug-likeness (QED) is 0.452. The summed E-state index contributed by atoms with van der Waals surface area (Å²) in [6.07, 6.45) is 3.50. The largest absolute Gasteiger partial charge is 0.493 e. The van der Waals surface area contributed by atoms with Gasteiger partial charge in [0.1, 0.15) is 11.5 Å². The van der Waals surface area contributed by atoms with Crippen molar-refractivity contribution in [3.8, 4) is 5.75 Å².